The van der Waals surface area contributed by atoms with Crippen LogP contribution in [0.3, 0.4) is 0 Å². The third kappa shape index (κ3) is 4.21. The van der Waals surface area contributed by atoms with E-state index in [4.69, 9.17) is 4.74 Å². The zero-order valence-corrected chi connectivity index (χ0v) is 10.9. The lowest BCUT2D eigenvalue weighted by Crippen LogP contribution is -2.26. The molecule has 1 aromatic rings. The van der Waals surface area contributed by atoms with Gasteiger partial charge in [0.1, 0.15) is 11.6 Å². The number of amides is 1. The molecule has 0 bridgehead atoms. The van der Waals surface area contributed by atoms with Crippen molar-refractivity contribution in [1.82, 2.24) is 5.32 Å². The van der Waals surface area contributed by atoms with Gasteiger partial charge >= 0.3 is 0 Å². The lowest BCUT2D eigenvalue weighted by Gasteiger charge is -2.13. The molecule has 4 nitrogen and oxygen atoms in total. The smallest absolute Gasteiger partial charge is 0.223 e. The van der Waals surface area contributed by atoms with Crippen molar-refractivity contribution in [1.29, 1.82) is 0 Å². The highest BCUT2D eigenvalue weighted by atomic mass is 19.1. The van der Waals surface area contributed by atoms with E-state index < -0.39 is 11.9 Å². The number of rotatable bonds is 6. The van der Waals surface area contributed by atoms with Crippen LogP contribution in [0.25, 0.3) is 0 Å². The highest BCUT2D eigenvalue weighted by Gasteiger charge is 2.23. The van der Waals surface area contributed by atoms with Crippen molar-refractivity contribution in [3.63, 3.8) is 0 Å². The molecule has 1 aliphatic rings. The van der Waals surface area contributed by atoms with Gasteiger partial charge in [-0.3, -0.25) is 4.79 Å². The first-order chi connectivity index (χ1) is 9.06. The number of hydrogen-bond acceptors (Lipinski definition) is 3. The predicted molar refractivity (Wildman–Crippen MR) is 68.3 cm³/mol. The normalized spacial score (nSPS) is 15.9. The Bertz CT molecular complexity index is 458. The van der Waals surface area contributed by atoms with E-state index in [0.717, 1.165) is 12.8 Å². The molecule has 1 aliphatic carbocycles. The molecular weight excluding hydrogens is 249 g/mol. The number of nitrogens with one attached hydrogen (secondary N) is 1. The molecule has 1 amide bonds. The summed E-state index contributed by atoms with van der Waals surface area (Å²) in [7, 11) is 0. The van der Waals surface area contributed by atoms with Crippen molar-refractivity contribution in [3.05, 3.63) is 29.6 Å². The molecule has 1 atom stereocenters. The van der Waals surface area contributed by atoms with Crippen molar-refractivity contribution in [3.8, 4) is 5.75 Å². The summed E-state index contributed by atoms with van der Waals surface area (Å²) in [6, 6.07) is 4.31. The molecule has 0 unspecified atom stereocenters. The van der Waals surface area contributed by atoms with Crippen LogP contribution in [-0.4, -0.2) is 23.7 Å². The van der Waals surface area contributed by atoms with E-state index in [0.29, 0.717) is 11.6 Å². The molecule has 0 heterocycles. The molecule has 0 saturated heterocycles. The van der Waals surface area contributed by atoms with Gasteiger partial charge in [-0.05, 0) is 31.9 Å². The van der Waals surface area contributed by atoms with Crippen LogP contribution >= 0.6 is 0 Å². The van der Waals surface area contributed by atoms with Crippen LogP contribution in [0.4, 0.5) is 4.39 Å². The van der Waals surface area contributed by atoms with Gasteiger partial charge in [0.25, 0.3) is 0 Å². The average molecular weight is 267 g/mol. The monoisotopic (exact) mass is 267 g/mol. The van der Waals surface area contributed by atoms with E-state index >= 15 is 0 Å². The zero-order valence-electron chi connectivity index (χ0n) is 10.9. The molecule has 0 aromatic heterocycles. The van der Waals surface area contributed by atoms with E-state index in [1.165, 1.54) is 18.2 Å². The number of aliphatic hydroxyl groups excluding tert-OH is 1. The standard InChI is InChI=1S/C14H18FNO3/c1-9(17)12-5-2-10(15)8-13(12)19-7-6-14(18)16-11-3-4-11/h2,5,8-9,11,17H,3-4,6-7H2,1H3,(H,16,18)/t9-/m1/s1. The Hall–Kier alpha value is -1.62. The number of ether oxygens (including phenoxy) is 1. The van der Waals surface area contributed by atoms with Gasteiger partial charge < -0.3 is 15.2 Å². The minimum atomic E-state index is -0.740. The Morgan fingerprint density at radius 1 is 1.58 bits per heavy atom. The first kappa shape index (κ1) is 13.8. The lowest BCUT2D eigenvalue weighted by molar-refractivity contribution is -0.121. The summed E-state index contributed by atoms with van der Waals surface area (Å²) < 4.78 is 18.5. The molecule has 0 spiro atoms. The Kier molecular flexibility index (Phi) is 4.37. The first-order valence-corrected chi connectivity index (χ1v) is 6.46. The number of aliphatic hydroxyl groups is 1. The van der Waals surface area contributed by atoms with Crippen LogP contribution in [0.5, 0.6) is 5.75 Å². The van der Waals surface area contributed by atoms with Crippen molar-refractivity contribution in [2.45, 2.75) is 38.3 Å². The Labute approximate surface area is 111 Å². The highest BCUT2D eigenvalue weighted by Crippen LogP contribution is 2.26. The molecule has 5 heteroatoms. The Balaban J connectivity index is 1.87. The van der Waals surface area contributed by atoms with Crippen molar-refractivity contribution < 1.29 is 19.0 Å². The molecule has 2 rings (SSSR count). The topological polar surface area (TPSA) is 58.6 Å². The SMILES string of the molecule is C[C@@H](O)c1ccc(F)cc1OCCC(=O)NC1CC1. The quantitative estimate of drug-likeness (QED) is 0.828. The van der Waals surface area contributed by atoms with Crippen LogP contribution in [0.15, 0.2) is 18.2 Å². The molecule has 0 aliphatic heterocycles. The third-order valence-corrected chi connectivity index (χ3v) is 2.95. The number of hydrogen-bond donors (Lipinski definition) is 2. The van der Waals surface area contributed by atoms with E-state index in [9.17, 15) is 14.3 Å². The van der Waals surface area contributed by atoms with Gasteiger partial charge in [-0.1, -0.05) is 0 Å². The second kappa shape index (κ2) is 6.02. The second-order valence-corrected chi connectivity index (χ2v) is 4.80. The number of halogens is 1. The van der Waals surface area contributed by atoms with Gasteiger partial charge in [0.2, 0.25) is 5.91 Å². The second-order valence-electron chi connectivity index (χ2n) is 4.80. The maximum Gasteiger partial charge on any atom is 0.223 e. The summed E-state index contributed by atoms with van der Waals surface area (Å²) in [6.07, 6.45) is 1.58. The minimum absolute atomic E-state index is 0.0579. The molecule has 1 fully saturated rings. The van der Waals surface area contributed by atoms with Gasteiger partial charge in [0.05, 0.1) is 19.1 Å². The van der Waals surface area contributed by atoms with Crippen LogP contribution < -0.4 is 10.1 Å². The van der Waals surface area contributed by atoms with E-state index in [1.807, 2.05) is 0 Å². The molecule has 19 heavy (non-hydrogen) atoms. The van der Waals surface area contributed by atoms with Crippen LogP contribution in [0, 0.1) is 5.82 Å². The maximum absolute atomic E-state index is 13.1. The molecule has 1 saturated carbocycles. The van der Waals surface area contributed by atoms with Crippen LogP contribution in [0.1, 0.15) is 37.9 Å². The number of carbonyl (C=O) groups excluding carboxylic acids is 1. The Morgan fingerprint density at radius 3 is 2.95 bits per heavy atom. The fourth-order valence-electron chi connectivity index (χ4n) is 1.76. The Morgan fingerprint density at radius 2 is 2.32 bits per heavy atom. The molecule has 2 N–H and O–H groups in total. The van der Waals surface area contributed by atoms with Gasteiger partial charge in [-0.2, -0.15) is 0 Å². The summed E-state index contributed by atoms with van der Waals surface area (Å²) in [6.45, 7) is 1.75. The van der Waals surface area contributed by atoms with Crippen molar-refractivity contribution in [2.24, 2.45) is 0 Å². The predicted octanol–water partition coefficient (Wildman–Crippen LogP) is 1.93. The van der Waals surface area contributed by atoms with Gasteiger partial charge in [-0.15, -0.1) is 0 Å². The third-order valence-electron chi connectivity index (χ3n) is 2.95. The summed E-state index contributed by atoms with van der Waals surface area (Å²) >= 11 is 0. The van der Waals surface area contributed by atoms with Crippen LogP contribution in [-0.2, 0) is 4.79 Å². The fraction of sp³-hybridized carbons (Fsp3) is 0.500. The highest BCUT2D eigenvalue weighted by molar-refractivity contribution is 5.76. The molecular formula is C14H18FNO3. The van der Waals surface area contributed by atoms with Crippen molar-refractivity contribution in [2.75, 3.05) is 6.61 Å². The van der Waals surface area contributed by atoms with E-state index in [-0.39, 0.29) is 24.7 Å². The van der Waals surface area contributed by atoms with E-state index in [2.05, 4.69) is 5.32 Å². The molecule has 0 radical (unpaired) electrons. The van der Waals surface area contributed by atoms with Gasteiger partial charge in [-0.25, -0.2) is 4.39 Å². The van der Waals surface area contributed by atoms with Gasteiger partial charge in [0, 0.05) is 17.7 Å². The summed E-state index contributed by atoms with van der Waals surface area (Å²) in [4.78, 5) is 11.5. The number of benzene rings is 1. The largest absolute Gasteiger partial charge is 0.493 e. The van der Waals surface area contributed by atoms with Crippen molar-refractivity contribution >= 4 is 5.91 Å². The zero-order chi connectivity index (χ0) is 13.8. The average Bonchev–Trinajstić information content (AvgIpc) is 3.12. The summed E-state index contributed by atoms with van der Waals surface area (Å²) in [5.41, 5.74) is 0.518. The number of carbonyl (C=O) groups is 1. The van der Waals surface area contributed by atoms with Gasteiger partial charge in [0.15, 0.2) is 0 Å². The van der Waals surface area contributed by atoms with E-state index in [1.54, 1.807) is 6.92 Å². The lowest BCUT2D eigenvalue weighted by atomic mass is 10.1. The molecule has 1 aromatic carbocycles. The first-order valence-electron chi connectivity index (χ1n) is 6.46. The molecule has 104 valence electrons. The minimum Gasteiger partial charge on any atom is -0.493 e. The van der Waals surface area contributed by atoms with Crippen LogP contribution in [0.2, 0.25) is 0 Å². The summed E-state index contributed by atoms with van der Waals surface area (Å²) in [5, 5.41) is 12.4. The maximum atomic E-state index is 13.1. The summed E-state index contributed by atoms with van der Waals surface area (Å²) in [5.74, 6) is -0.200. The fourth-order valence-corrected chi connectivity index (χ4v) is 1.76.